The molecule has 0 radical (unpaired) electrons. The van der Waals surface area contributed by atoms with E-state index >= 15 is 0 Å². The molecule has 8 aromatic carbocycles. The van der Waals surface area contributed by atoms with Gasteiger partial charge in [-0.25, -0.2) is 19.9 Å². The number of rotatable bonds is 8. The van der Waals surface area contributed by atoms with E-state index in [0.29, 0.717) is 11.6 Å². The van der Waals surface area contributed by atoms with Crippen molar-refractivity contribution in [3.05, 3.63) is 218 Å². The van der Waals surface area contributed by atoms with Crippen LogP contribution < -0.4 is 0 Å². The van der Waals surface area contributed by atoms with Crippen molar-refractivity contribution in [1.82, 2.24) is 19.9 Å². The topological polar surface area (TPSA) is 51.6 Å². The zero-order chi connectivity index (χ0) is 38.7. The molecule has 0 N–H and O–H groups in total. The lowest BCUT2D eigenvalue weighted by molar-refractivity contribution is 1.18. The van der Waals surface area contributed by atoms with Crippen LogP contribution in [-0.4, -0.2) is 19.9 Å². The Kier molecular flexibility index (Phi) is 9.18. The third kappa shape index (κ3) is 7.07. The van der Waals surface area contributed by atoms with Gasteiger partial charge < -0.3 is 0 Å². The summed E-state index contributed by atoms with van der Waals surface area (Å²) in [7, 11) is 0. The highest BCUT2D eigenvalue weighted by Gasteiger charge is 2.14. The van der Waals surface area contributed by atoms with E-state index < -0.39 is 0 Å². The highest BCUT2D eigenvalue weighted by molar-refractivity contribution is 5.99. The van der Waals surface area contributed by atoms with Crippen LogP contribution in [0, 0.1) is 0 Å². The van der Waals surface area contributed by atoms with E-state index in [4.69, 9.17) is 19.9 Å². The first-order chi connectivity index (χ1) is 28.7. The van der Waals surface area contributed by atoms with Crippen LogP contribution in [0.25, 0.3) is 101 Å². The van der Waals surface area contributed by atoms with Gasteiger partial charge in [-0.3, -0.25) is 0 Å². The van der Waals surface area contributed by atoms with Crippen molar-refractivity contribution in [1.29, 1.82) is 0 Å². The molecule has 0 amide bonds. The number of hydrogen-bond donors (Lipinski definition) is 0. The Balaban J connectivity index is 0.978. The normalized spacial score (nSPS) is 11.1. The molecule has 0 atom stereocenters. The predicted molar refractivity (Wildman–Crippen MR) is 239 cm³/mol. The van der Waals surface area contributed by atoms with E-state index in [0.717, 1.165) is 72.8 Å². The maximum absolute atomic E-state index is 5.07. The average Bonchev–Trinajstić information content (AvgIpc) is 3.32. The molecule has 4 nitrogen and oxygen atoms in total. The lowest BCUT2D eigenvalue weighted by Crippen LogP contribution is -1.96. The van der Waals surface area contributed by atoms with Crippen LogP contribution >= 0.6 is 0 Å². The summed E-state index contributed by atoms with van der Waals surface area (Å²) >= 11 is 0. The molecule has 58 heavy (non-hydrogen) atoms. The SMILES string of the molecule is c1ccc(-c2cc(-c3ccc(-c4cccc5cc(-c6cccc(-c7nc(-c8ccccc8)cc(-c8ccccc8)n7)c6)ccc45)cc3)nc(-c3ccccc3)n2)cc1. The second-order valence-electron chi connectivity index (χ2n) is 14.3. The Bertz CT molecular complexity index is 2900. The molecule has 10 aromatic rings. The van der Waals surface area contributed by atoms with E-state index in [-0.39, 0.29) is 0 Å². The number of hydrogen-bond acceptors (Lipinski definition) is 4. The summed E-state index contributed by atoms with van der Waals surface area (Å²) in [4.78, 5) is 20.1. The molecule has 4 heteroatoms. The van der Waals surface area contributed by atoms with E-state index in [2.05, 4.69) is 146 Å². The maximum atomic E-state index is 5.07. The van der Waals surface area contributed by atoms with Gasteiger partial charge in [0, 0.05) is 33.4 Å². The number of fused-ring (bicyclic) bond motifs is 1. The van der Waals surface area contributed by atoms with Gasteiger partial charge >= 0.3 is 0 Å². The Morgan fingerprint density at radius 2 is 0.603 bits per heavy atom. The molecule has 10 rings (SSSR count). The van der Waals surface area contributed by atoms with Crippen molar-refractivity contribution in [3.8, 4) is 90.1 Å². The number of aromatic nitrogens is 4. The standard InChI is InChI=1S/C54H36N4/c1-5-15-38(16-6-1)49-36-52(56-53(55-49)42-21-11-4-12-22-42)41-29-27-37(28-30-41)47-26-14-24-45-33-44(31-32-48(45)47)43-23-13-25-46(34-43)54-57-50(39-17-7-2-8-18-39)35-51(58-54)40-19-9-3-10-20-40/h1-36H. The summed E-state index contributed by atoms with van der Waals surface area (Å²) < 4.78 is 0. The minimum atomic E-state index is 0.697. The monoisotopic (exact) mass is 740 g/mol. The van der Waals surface area contributed by atoms with Gasteiger partial charge in [0.25, 0.3) is 0 Å². The minimum Gasteiger partial charge on any atom is -0.228 e. The third-order valence-corrected chi connectivity index (χ3v) is 10.5. The van der Waals surface area contributed by atoms with E-state index in [9.17, 15) is 0 Å². The van der Waals surface area contributed by atoms with Crippen LogP contribution in [0.5, 0.6) is 0 Å². The lowest BCUT2D eigenvalue weighted by atomic mass is 9.94. The highest BCUT2D eigenvalue weighted by Crippen LogP contribution is 2.35. The third-order valence-electron chi connectivity index (χ3n) is 10.5. The fourth-order valence-electron chi connectivity index (χ4n) is 7.53. The molecule has 0 fully saturated rings. The summed E-state index contributed by atoms with van der Waals surface area (Å²) in [5.41, 5.74) is 14.3. The van der Waals surface area contributed by atoms with E-state index in [1.54, 1.807) is 0 Å². The first kappa shape index (κ1) is 34.7. The molecule has 0 spiro atoms. The second kappa shape index (κ2) is 15.4. The Morgan fingerprint density at radius 3 is 1.14 bits per heavy atom. The second-order valence-corrected chi connectivity index (χ2v) is 14.3. The largest absolute Gasteiger partial charge is 0.228 e. The predicted octanol–water partition coefficient (Wildman–Crippen LogP) is 13.8. The fraction of sp³-hybridized carbons (Fsp3) is 0. The van der Waals surface area contributed by atoms with Crippen LogP contribution in [0.2, 0.25) is 0 Å². The van der Waals surface area contributed by atoms with Gasteiger partial charge in [0.05, 0.1) is 22.8 Å². The number of benzene rings is 8. The van der Waals surface area contributed by atoms with Crippen LogP contribution in [0.4, 0.5) is 0 Å². The zero-order valence-electron chi connectivity index (χ0n) is 31.6. The Labute approximate surface area is 337 Å². The van der Waals surface area contributed by atoms with Crippen molar-refractivity contribution in [2.24, 2.45) is 0 Å². The summed E-state index contributed by atoms with van der Waals surface area (Å²) in [5.74, 6) is 1.41. The van der Waals surface area contributed by atoms with Gasteiger partial charge in [-0.2, -0.15) is 0 Å². The quantitative estimate of drug-likeness (QED) is 0.156. The Hall–Kier alpha value is -7.82. The fourth-order valence-corrected chi connectivity index (χ4v) is 7.53. The summed E-state index contributed by atoms with van der Waals surface area (Å²) in [6, 6.07) is 75.8. The van der Waals surface area contributed by atoms with Gasteiger partial charge in [0.15, 0.2) is 11.6 Å². The van der Waals surface area contributed by atoms with Gasteiger partial charge in [-0.05, 0) is 57.3 Å². The van der Waals surface area contributed by atoms with Gasteiger partial charge in [-0.1, -0.05) is 194 Å². The molecule has 0 aliphatic carbocycles. The first-order valence-electron chi connectivity index (χ1n) is 19.5. The molecule has 0 aliphatic rings. The average molecular weight is 741 g/mol. The van der Waals surface area contributed by atoms with Crippen LogP contribution in [-0.2, 0) is 0 Å². The number of nitrogens with zero attached hydrogens (tertiary/aromatic N) is 4. The molecule has 2 heterocycles. The Morgan fingerprint density at radius 1 is 0.224 bits per heavy atom. The van der Waals surface area contributed by atoms with Crippen LogP contribution in [0.15, 0.2) is 218 Å². The summed E-state index contributed by atoms with van der Waals surface area (Å²) in [6.07, 6.45) is 0. The zero-order valence-corrected chi connectivity index (χ0v) is 31.6. The summed E-state index contributed by atoms with van der Waals surface area (Å²) in [6.45, 7) is 0. The molecule has 0 unspecified atom stereocenters. The van der Waals surface area contributed by atoms with Crippen molar-refractivity contribution < 1.29 is 0 Å². The summed E-state index contributed by atoms with van der Waals surface area (Å²) in [5, 5.41) is 2.37. The molecule has 0 bridgehead atoms. The highest BCUT2D eigenvalue weighted by atomic mass is 14.9. The first-order valence-corrected chi connectivity index (χ1v) is 19.5. The molecular formula is C54H36N4. The molecule has 272 valence electrons. The van der Waals surface area contributed by atoms with Crippen LogP contribution in [0.1, 0.15) is 0 Å². The molecular weight excluding hydrogens is 705 g/mol. The van der Waals surface area contributed by atoms with Crippen molar-refractivity contribution >= 4 is 10.8 Å². The van der Waals surface area contributed by atoms with E-state index in [1.807, 2.05) is 72.8 Å². The van der Waals surface area contributed by atoms with Gasteiger partial charge in [0.1, 0.15) is 0 Å². The molecule has 0 saturated heterocycles. The van der Waals surface area contributed by atoms with E-state index in [1.165, 1.54) is 16.3 Å². The van der Waals surface area contributed by atoms with Crippen molar-refractivity contribution in [2.45, 2.75) is 0 Å². The molecule has 0 saturated carbocycles. The van der Waals surface area contributed by atoms with Crippen molar-refractivity contribution in [3.63, 3.8) is 0 Å². The van der Waals surface area contributed by atoms with Gasteiger partial charge in [-0.15, -0.1) is 0 Å². The molecule has 0 aliphatic heterocycles. The molecule has 2 aromatic heterocycles. The van der Waals surface area contributed by atoms with Crippen molar-refractivity contribution in [2.75, 3.05) is 0 Å². The van der Waals surface area contributed by atoms with Crippen LogP contribution in [0.3, 0.4) is 0 Å². The minimum absolute atomic E-state index is 0.697. The lowest BCUT2D eigenvalue weighted by Gasteiger charge is -2.12. The van der Waals surface area contributed by atoms with Gasteiger partial charge in [0.2, 0.25) is 0 Å². The smallest absolute Gasteiger partial charge is 0.160 e. The maximum Gasteiger partial charge on any atom is 0.160 e.